The van der Waals surface area contributed by atoms with E-state index in [0.29, 0.717) is 30.3 Å². The Hall–Kier alpha value is -3.28. The summed E-state index contributed by atoms with van der Waals surface area (Å²) < 4.78 is 12.1. The van der Waals surface area contributed by atoms with Gasteiger partial charge in [0, 0.05) is 37.9 Å². The number of rotatable bonds is 5. The summed E-state index contributed by atoms with van der Waals surface area (Å²) in [5.41, 5.74) is 4.63. The van der Waals surface area contributed by atoms with Gasteiger partial charge in [0.2, 0.25) is 5.78 Å². The minimum absolute atomic E-state index is 0.0994. The fraction of sp³-hybridized carbons (Fsp3) is 0.222. The molecule has 3 aromatic carbocycles. The number of Topliss-reactive ketones (excluding diaryl/α,β-unsaturated/α-hetero) is 1. The zero-order valence-electron chi connectivity index (χ0n) is 18.7. The number of benzene rings is 3. The number of hydrogen-bond acceptors (Lipinski definition) is 5. The second-order valence-electron chi connectivity index (χ2n) is 8.51. The summed E-state index contributed by atoms with van der Waals surface area (Å²) in [4.78, 5) is 17.3. The van der Waals surface area contributed by atoms with Gasteiger partial charge in [0.15, 0.2) is 5.76 Å². The van der Waals surface area contributed by atoms with Crippen molar-refractivity contribution < 1.29 is 14.3 Å². The average Bonchev–Trinajstić information content (AvgIpc) is 3.14. The highest BCUT2D eigenvalue weighted by Crippen LogP contribution is 2.42. The molecule has 0 spiro atoms. The van der Waals surface area contributed by atoms with E-state index in [9.17, 15) is 4.79 Å². The molecule has 0 saturated heterocycles. The van der Waals surface area contributed by atoms with Gasteiger partial charge in [-0.05, 0) is 54.0 Å². The Bertz CT molecular complexity index is 1230. The van der Waals surface area contributed by atoms with Crippen molar-refractivity contribution in [2.24, 2.45) is 0 Å². The van der Waals surface area contributed by atoms with Crippen LogP contribution < -0.4 is 14.4 Å². The number of allylic oxidation sites excluding steroid dienone is 1. The average molecular weight is 461 g/mol. The quantitative estimate of drug-likeness (QED) is 0.476. The van der Waals surface area contributed by atoms with Crippen molar-refractivity contribution in [1.82, 2.24) is 4.90 Å². The van der Waals surface area contributed by atoms with Gasteiger partial charge in [-0.2, -0.15) is 0 Å². The van der Waals surface area contributed by atoms with Crippen molar-refractivity contribution in [3.63, 3.8) is 0 Å². The van der Waals surface area contributed by atoms with Crippen LogP contribution in [0.2, 0.25) is 5.02 Å². The van der Waals surface area contributed by atoms with E-state index >= 15 is 0 Å². The zero-order valence-corrected chi connectivity index (χ0v) is 19.4. The summed E-state index contributed by atoms with van der Waals surface area (Å²) in [5.74, 6) is 1.62. The van der Waals surface area contributed by atoms with Crippen molar-refractivity contribution in [1.29, 1.82) is 0 Å². The van der Waals surface area contributed by atoms with Gasteiger partial charge in [0.1, 0.15) is 18.2 Å². The van der Waals surface area contributed by atoms with E-state index in [1.54, 1.807) is 12.1 Å². The van der Waals surface area contributed by atoms with E-state index in [-0.39, 0.29) is 5.78 Å². The zero-order chi connectivity index (χ0) is 22.9. The van der Waals surface area contributed by atoms with E-state index in [1.165, 1.54) is 0 Å². The molecule has 0 bridgehead atoms. The SMILES string of the molecule is CN(C)c1ccc(/C=C2\Oc3c(ccc4c3CN(CCc3ccccc3Cl)CO4)C2=O)cc1. The van der Waals surface area contributed by atoms with Gasteiger partial charge in [0.05, 0.1) is 11.1 Å². The summed E-state index contributed by atoms with van der Waals surface area (Å²) >= 11 is 6.31. The van der Waals surface area contributed by atoms with Gasteiger partial charge in [-0.1, -0.05) is 41.9 Å². The van der Waals surface area contributed by atoms with E-state index in [2.05, 4.69) is 4.90 Å². The van der Waals surface area contributed by atoms with Crippen LogP contribution in [0.1, 0.15) is 27.0 Å². The highest BCUT2D eigenvalue weighted by molar-refractivity contribution is 6.31. The standard InChI is InChI=1S/C27H25ClN2O3/c1-29(2)20-9-7-18(8-10-20)15-25-26(31)21-11-12-24-22(27(21)33-25)16-30(17-32-24)14-13-19-5-3-4-6-23(19)28/h3-12,15H,13-14,16-17H2,1-2H3/b25-15-. The van der Waals surface area contributed by atoms with Crippen LogP contribution in [0, 0.1) is 0 Å². The number of ether oxygens (including phenoxy) is 2. The largest absolute Gasteiger partial charge is 0.478 e. The predicted molar refractivity (Wildman–Crippen MR) is 131 cm³/mol. The van der Waals surface area contributed by atoms with Crippen molar-refractivity contribution in [2.75, 3.05) is 32.3 Å². The van der Waals surface area contributed by atoms with Gasteiger partial charge in [-0.15, -0.1) is 0 Å². The van der Waals surface area contributed by atoms with Crippen molar-refractivity contribution >= 4 is 29.1 Å². The topological polar surface area (TPSA) is 42.0 Å². The molecule has 0 N–H and O–H groups in total. The molecule has 3 aromatic rings. The summed E-state index contributed by atoms with van der Waals surface area (Å²) in [6.07, 6.45) is 2.62. The smallest absolute Gasteiger partial charge is 0.231 e. The lowest BCUT2D eigenvalue weighted by Crippen LogP contribution is -2.33. The van der Waals surface area contributed by atoms with Crippen LogP contribution in [-0.2, 0) is 13.0 Å². The molecule has 0 fully saturated rings. The van der Waals surface area contributed by atoms with E-state index in [4.69, 9.17) is 21.1 Å². The first kappa shape index (κ1) is 21.6. The minimum atomic E-state index is -0.0994. The Kier molecular flexibility index (Phi) is 5.83. The second-order valence-corrected chi connectivity index (χ2v) is 8.92. The third-order valence-electron chi connectivity index (χ3n) is 6.04. The molecule has 2 aliphatic rings. The summed E-state index contributed by atoms with van der Waals surface area (Å²) in [6, 6.07) is 19.6. The number of fused-ring (bicyclic) bond motifs is 3. The van der Waals surface area contributed by atoms with Crippen molar-refractivity contribution in [3.8, 4) is 11.5 Å². The van der Waals surface area contributed by atoms with Gasteiger partial charge >= 0.3 is 0 Å². The Morgan fingerprint density at radius 2 is 1.85 bits per heavy atom. The Balaban J connectivity index is 1.35. The number of carbonyl (C=O) groups excluding carboxylic acids is 1. The molecule has 2 aliphatic heterocycles. The molecular formula is C27H25ClN2O3. The molecule has 168 valence electrons. The minimum Gasteiger partial charge on any atom is -0.478 e. The molecule has 2 heterocycles. The van der Waals surface area contributed by atoms with Gasteiger partial charge in [-0.3, -0.25) is 9.69 Å². The lowest BCUT2D eigenvalue weighted by Gasteiger charge is -2.29. The third-order valence-corrected chi connectivity index (χ3v) is 6.41. The number of anilines is 1. The molecule has 0 atom stereocenters. The summed E-state index contributed by atoms with van der Waals surface area (Å²) in [6.45, 7) is 1.94. The van der Waals surface area contributed by atoms with Crippen LogP contribution in [0.5, 0.6) is 11.5 Å². The van der Waals surface area contributed by atoms with E-state index in [0.717, 1.165) is 46.1 Å². The molecule has 0 aliphatic carbocycles. The molecule has 0 aromatic heterocycles. The maximum absolute atomic E-state index is 13.0. The van der Waals surface area contributed by atoms with Crippen LogP contribution >= 0.6 is 11.6 Å². The fourth-order valence-electron chi connectivity index (χ4n) is 4.15. The summed E-state index contributed by atoms with van der Waals surface area (Å²) in [7, 11) is 3.99. The molecule has 6 heteroatoms. The Morgan fingerprint density at radius 3 is 2.61 bits per heavy atom. The first-order chi connectivity index (χ1) is 16.0. The first-order valence-electron chi connectivity index (χ1n) is 11.0. The fourth-order valence-corrected chi connectivity index (χ4v) is 4.38. The lowest BCUT2D eigenvalue weighted by atomic mass is 10.0. The number of hydrogen-bond donors (Lipinski definition) is 0. The molecule has 0 saturated carbocycles. The molecule has 0 unspecified atom stereocenters. The normalized spacial score (nSPS) is 16.2. The number of ketones is 1. The first-order valence-corrected chi connectivity index (χ1v) is 11.3. The molecule has 0 radical (unpaired) electrons. The van der Waals surface area contributed by atoms with E-state index in [1.807, 2.05) is 73.6 Å². The van der Waals surface area contributed by atoms with Crippen LogP contribution in [0.4, 0.5) is 5.69 Å². The summed E-state index contributed by atoms with van der Waals surface area (Å²) in [5, 5.41) is 0.777. The number of halogens is 1. The van der Waals surface area contributed by atoms with Crippen LogP contribution in [-0.4, -0.2) is 38.1 Å². The Labute approximate surface area is 198 Å². The Morgan fingerprint density at radius 1 is 1.06 bits per heavy atom. The maximum atomic E-state index is 13.0. The monoisotopic (exact) mass is 460 g/mol. The maximum Gasteiger partial charge on any atom is 0.231 e. The number of nitrogens with zero attached hydrogens (tertiary/aromatic N) is 2. The highest BCUT2D eigenvalue weighted by Gasteiger charge is 2.33. The van der Waals surface area contributed by atoms with Gasteiger partial charge in [0.25, 0.3) is 0 Å². The predicted octanol–water partition coefficient (Wildman–Crippen LogP) is 5.42. The molecular weight excluding hydrogens is 436 g/mol. The van der Waals surface area contributed by atoms with Crippen molar-refractivity contribution in [3.05, 3.63) is 93.7 Å². The van der Waals surface area contributed by atoms with Crippen LogP contribution in [0.15, 0.2) is 66.4 Å². The molecule has 5 nitrogen and oxygen atoms in total. The van der Waals surface area contributed by atoms with Gasteiger partial charge < -0.3 is 14.4 Å². The van der Waals surface area contributed by atoms with Crippen molar-refractivity contribution in [2.45, 2.75) is 13.0 Å². The number of carbonyl (C=O) groups is 1. The third kappa shape index (κ3) is 4.34. The second kappa shape index (κ2) is 8.93. The molecule has 5 rings (SSSR count). The molecule has 33 heavy (non-hydrogen) atoms. The van der Waals surface area contributed by atoms with Gasteiger partial charge in [-0.25, -0.2) is 0 Å². The van der Waals surface area contributed by atoms with Crippen LogP contribution in [0.3, 0.4) is 0 Å². The van der Waals surface area contributed by atoms with E-state index < -0.39 is 0 Å². The van der Waals surface area contributed by atoms with Crippen LogP contribution in [0.25, 0.3) is 6.08 Å². The lowest BCUT2D eigenvalue weighted by molar-refractivity contribution is 0.0950. The molecule has 0 amide bonds. The highest BCUT2D eigenvalue weighted by atomic mass is 35.5.